The maximum Gasteiger partial charge on any atom is 0.316 e. The van der Waals surface area contributed by atoms with E-state index in [1.165, 1.54) is 19.3 Å². The number of hydrogen-bond acceptors (Lipinski definition) is 8. The molecule has 3 aromatic rings. The van der Waals surface area contributed by atoms with Gasteiger partial charge < -0.3 is 9.47 Å². The van der Waals surface area contributed by atoms with Crippen LogP contribution in [0.5, 0.6) is 11.9 Å². The molecule has 0 spiro atoms. The summed E-state index contributed by atoms with van der Waals surface area (Å²) < 4.78 is 97.4. The van der Waals surface area contributed by atoms with Crippen molar-refractivity contribution in [2.45, 2.75) is 13.3 Å². The van der Waals surface area contributed by atoms with Crippen LogP contribution in [0.15, 0.2) is 51.8 Å². The first-order chi connectivity index (χ1) is 18.2. The number of nitrogens with one attached hydrogen (secondary N) is 2. The number of hydrogen-bond donors (Lipinski definition) is 2. The second-order valence-electron chi connectivity index (χ2n) is 5.66. The second-order valence-corrected chi connectivity index (χ2v) is 8.78. The van der Waals surface area contributed by atoms with Gasteiger partial charge in [-0.15, -0.1) is 0 Å². The molecule has 0 bridgehead atoms. The molecule has 0 aliphatic carbocycles. The summed E-state index contributed by atoms with van der Waals surface area (Å²) in [5.41, 5.74) is -0.825. The number of nitrogens with zero attached hydrogens (tertiary/aromatic N) is 4. The summed E-state index contributed by atoms with van der Waals surface area (Å²) in [7, 11) is -4.66. The van der Waals surface area contributed by atoms with Gasteiger partial charge in [0.1, 0.15) is 20.9 Å². The highest BCUT2D eigenvalue weighted by molar-refractivity contribution is 9.10. The van der Waals surface area contributed by atoms with Crippen molar-refractivity contribution in [3.8, 4) is 23.0 Å². The minimum absolute atomic E-state index is 0.0307. The summed E-state index contributed by atoms with van der Waals surface area (Å²) in [6.07, 6.45) is 1.99. The van der Waals surface area contributed by atoms with Gasteiger partial charge in [0.15, 0.2) is 5.82 Å². The number of ether oxygens (including phenoxy) is 2. The van der Waals surface area contributed by atoms with E-state index in [2.05, 4.69) is 51.8 Å². The van der Waals surface area contributed by atoms with Crippen LogP contribution in [0.3, 0.4) is 0 Å². The standard InChI is InChI=1S/C19H20Br2N6O4S/c1-2-7-26-32(28,29)27-17-16(13-3-5-14(20)6-4-13)18(25-12-24-17)30-8-9-31-19-22-10-15(21)11-23-19/h3-6,10-12,26H,2,7-9H2,1H3,(H,24,25,27)/i3D,4D,5D,6D,7D2,12D. The average molecular weight is 595 g/mol. The van der Waals surface area contributed by atoms with Crippen molar-refractivity contribution >= 4 is 47.9 Å². The van der Waals surface area contributed by atoms with Gasteiger partial charge in [0.25, 0.3) is 10.2 Å². The van der Waals surface area contributed by atoms with Crippen LogP contribution in [0.25, 0.3) is 11.1 Å². The fourth-order valence-corrected chi connectivity index (χ4v) is 3.32. The van der Waals surface area contributed by atoms with Crippen LogP contribution in [-0.4, -0.2) is 48.1 Å². The molecule has 3 rings (SSSR count). The molecule has 2 aromatic heterocycles. The zero-order chi connectivity index (χ0) is 29.1. The molecule has 13 heteroatoms. The highest BCUT2D eigenvalue weighted by atomic mass is 79.9. The zero-order valence-electron chi connectivity index (χ0n) is 23.4. The SMILES string of the molecule is [2H]c1nc(NS(=O)(=O)NC([2H])([2H])CC)c(-c2c([2H])c([2H])c(Br)c([2H])c2[2H])c(OCCOc2ncc(Br)cn2)n1. The predicted molar refractivity (Wildman–Crippen MR) is 127 cm³/mol. The van der Waals surface area contributed by atoms with E-state index in [9.17, 15) is 8.42 Å². The Labute approximate surface area is 212 Å². The van der Waals surface area contributed by atoms with E-state index < -0.39 is 70.0 Å². The third-order valence-electron chi connectivity index (χ3n) is 3.37. The summed E-state index contributed by atoms with van der Waals surface area (Å²) in [4.78, 5) is 15.5. The Morgan fingerprint density at radius 3 is 2.41 bits per heavy atom. The van der Waals surface area contributed by atoms with Crippen LogP contribution in [-0.2, 0) is 10.2 Å². The van der Waals surface area contributed by atoms with E-state index in [0.29, 0.717) is 4.47 Å². The van der Waals surface area contributed by atoms with Crippen LogP contribution in [0.4, 0.5) is 5.82 Å². The Hall–Kier alpha value is -2.35. The van der Waals surface area contributed by atoms with Gasteiger partial charge in [-0.1, -0.05) is 34.9 Å². The fraction of sp³-hybridized carbons (Fsp3) is 0.263. The fourth-order valence-electron chi connectivity index (χ4n) is 2.13. The molecule has 0 saturated carbocycles. The quantitative estimate of drug-likeness (QED) is 0.322. The lowest BCUT2D eigenvalue weighted by atomic mass is 10.1. The third-order valence-corrected chi connectivity index (χ3v) is 5.05. The molecule has 0 aliphatic heterocycles. The molecule has 0 aliphatic rings. The summed E-state index contributed by atoms with van der Waals surface area (Å²) in [6, 6.07) is -2.08. The molecule has 0 saturated heterocycles. The Kier molecular flexibility index (Phi) is 5.85. The minimum atomic E-state index is -4.66. The summed E-state index contributed by atoms with van der Waals surface area (Å²) in [5.74, 6) is -1.08. The van der Waals surface area contributed by atoms with Crippen LogP contribution < -0.4 is 18.9 Å². The molecule has 0 fully saturated rings. The third kappa shape index (κ3) is 7.08. The summed E-state index contributed by atoms with van der Waals surface area (Å²) >= 11 is 6.20. The molecular formula is C19H20Br2N6O4S. The Bertz CT molecular complexity index is 1460. The van der Waals surface area contributed by atoms with E-state index in [1.54, 1.807) is 4.72 Å². The molecule has 2 heterocycles. The van der Waals surface area contributed by atoms with Crippen LogP contribution in [0, 0.1) is 0 Å². The van der Waals surface area contributed by atoms with Gasteiger partial charge >= 0.3 is 6.01 Å². The van der Waals surface area contributed by atoms with E-state index in [-0.39, 0.29) is 30.1 Å². The van der Waals surface area contributed by atoms with Gasteiger partial charge in [-0.25, -0.2) is 19.9 Å². The lowest BCUT2D eigenvalue weighted by Gasteiger charge is -2.15. The van der Waals surface area contributed by atoms with Crippen molar-refractivity contribution in [1.29, 1.82) is 0 Å². The van der Waals surface area contributed by atoms with Gasteiger partial charge in [-0.05, 0) is 40.0 Å². The van der Waals surface area contributed by atoms with Gasteiger partial charge in [-0.2, -0.15) is 13.1 Å². The lowest BCUT2D eigenvalue weighted by Crippen LogP contribution is -2.31. The first kappa shape index (κ1) is 16.3. The monoisotopic (exact) mass is 593 g/mol. The largest absolute Gasteiger partial charge is 0.473 e. The highest BCUT2D eigenvalue weighted by Crippen LogP contribution is 2.34. The molecular weight excluding hydrogens is 568 g/mol. The van der Waals surface area contributed by atoms with Crippen LogP contribution in [0.1, 0.15) is 22.9 Å². The van der Waals surface area contributed by atoms with Crippen molar-refractivity contribution < 1.29 is 27.5 Å². The van der Waals surface area contributed by atoms with Crippen molar-refractivity contribution in [2.24, 2.45) is 0 Å². The van der Waals surface area contributed by atoms with Gasteiger partial charge in [0.2, 0.25) is 5.88 Å². The first-order valence-electron chi connectivity index (χ1n) is 12.4. The van der Waals surface area contributed by atoms with Gasteiger partial charge in [-0.3, -0.25) is 4.72 Å². The predicted octanol–water partition coefficient (Wildman–Crippen LogP) is 3.57. The minimum Gasteiger partial charge on any atom is -0.473 e. The number of benzene rings is 1. The second kappa shape index (κ2) is 11.5. The molecule has 0 radical (unpaired) electrons. The number of halogens is 2. The van der Waals surface area contributed by atoms with E-state index in [1.807, 2.05) is 4.72 Å². The van der Waals surface area contributed by atoms with Gasteiger partial charge in [0.05, 0.1) is 15.5 Å². The van der Waals surface area contributed by atoms with E-state index in [0.717, 1.165) is 0 Å². The Balaban J connectivity index is 2.09. The number of anilines is 1. The average Bonchev–Trinajstić information content (AvgIpc) is 2.85. The van der Waals surface area contributed by atoms with Gasteiger partial charge in [0, 0.05) is 26.1 Å². The van der Waals surface area contributed by atoms with Crippen LogP contribution >= 0.6 is 31.9 Å². The molecule has 1 aromatic carbocycles. The lowest BCUT2D eigenvalue weighted by molar-refractivity contribution is 0.202. The Morgan fingerprint density at radius 2 is 1.72 bits per heavy atom. The zero-order valence-corrected chi connectivity index (χ0v) is 20.4. The summed E-state index contributed by atoms with van der Waals surface area (Å²) in [6.45, 7) is -1.30. The number of rotatable bonds is 11. The molecule has 0 amide bonds. The van der Waals surface area contributed by atoms with Crippen LogP contribution in [0.2, 0.25) is 0 Å². The highest BCUT2D eigenvalue weighted by Gasteiger charge is 2.19. The Morgan fingerprint density at radius 1 is 1.03 bits per heavy atom. The molecule has 32 heavy (non-hydrogen) atoms. The van der Waals surface area contributed by atoms with Crippen molar-refractivity contribution in [1.82, 2.24) is 24.7 Å². The van der Waals surface area contributed by atoms with Crippen molar-refractivity contribution in [2.75, 3.05) is 24.4 Å². The normalized spacial score (nSPS) is 14.8. The molecule has 2 N–H and O–H groups in total. The molecule has 0 atom stereocenters. The summed E-state index contributed by atoms with van der Waals surface area (Å²) in [5, 5.41) is 0. The maximum absolute atomic E-state index is 12.7. The van der Waals surface area contributed by atoms with Crippen molar-refractivity contribution in [3.05, 3.63) is 51.8 Å². The molecule has 170 valence electrons. The van der Waals surface area contributed by atoms with E-state index in [4.69, 9.17) is 19.1 Å². The maximum atomic E-state index is 12.7. The topological polar surface area (TPSA) is 128 Å². The van der Waals surface area contributed by atoms with E-state index >= 15 is 0 Å². The van der Waals surface area contributed by atoms with Crippen molar-refractivity contribution in [3.63, 3.8) is 0 Å². The molecule has 0 unspecified atom stereocenters. The first-order valence-corrected chi connectivity index (χ1v) is 11.9. The number of aromatic nitrogens is 4. The smallest absolute Gasteiger partial charge is 0.316 e. The molecule has 10 nitrogen and oxygen atoms in total.